The molecule has 1 unspecified atom stereocenters. The molecule has 5 heteroatoms. The molecular weight excluding hydrogens is 324 g/mol. The average molecular weight is 352 g/mol. The number of ether oxygens (including phenoxy) is 1. The number of carbonyl (C=O) groups excluding carboxylic acids is 1. The summed E-state index contributed by atoms with van der Waals surface area (Å²) in [6.45, 7) is 4.47. The number of hydrogen-bond acceptors (Lipinski definition) is 4. The van der Waals surface area contributed by atoms with Crippen LogP contribution in [0.2, 0.25) is 0 Å². The van der Waals surface area contributed by atoms with Crippen molar-refractivity contribution < 1.29 is 18.8 Å². The molecule has 0 aromatic rings. The molecule has 24 heavy (non-hydrogen) atoms. The Morgan fingerprint density at radius 2 is 2.00 bits per heavy atom. The summed E-state index contributed by atoms with van der Waals surface area (Å²) in [6.07, 6.45) is 7.70. The fourth-order valence-corrected chi connectivity index (χ4v) is 8.95. The molecule has 0 aliphatic heterocycles. The van der Waals surface area contributed by atoms with Gasteiger partial charge in [-0.05, 0) is 48.9 Å². The maximum absolute atomic E-state index is 13.4. The van der Waals surface area contributed by atoms with Gasteiger partial charge in [-0.15, -0.1) is 0 Å². The standard InChI is InChI=1S/C19H28O4S/c1-18(2)13-6-7-19(18,14(20)9-13)10-24(22)16-12-5-4-11(8-12)15(16)17(21)23-3/h4-5,11-16,20H,6-10H2,1-3H3/t11-,12+,13+,14+,15-,16+,19+,24?/m0/s1. The van der Waals surface area contributed by atoms with Crippen LogP contribution in [-0.2, 0) is 20.3 Å². The second-order valence-corrected chi connectivity index (χ2v) is 10.4. The van der Waals surface area contributed by atoms with E-state index in [1.807, 2.05) is 0 Å². The van der Waals surface area contributed by atoms with Crippen LogP contribution in [0.4, 0.5) is 0 Å². The van der Waals surface area contributed by atoms with Gasteiger partial charge >= 0.3 is 5.97 Å². The van der Waals surface area contributed by atoms with Crippen molar-refractivity contribution in [2.75, 3.05) is 12.9 Å². The minimum absolute atomic E-state index is 0.0241. The van der Waals surface area contributed by atoms with E-state index < -0.39 is 10.8 Å². The minimum Gasteiger partial charge on any atom is -0.469 e. The first-order valence-electron chi connectivity index (χ1n) is 9.13. The fourth-order valence-electron chi connectivity index (χ4n) is 6.31. The van der Waals surface area contributed by atoms with E-state index in [2.05, 4.69) is 26.0 Å². The Kier molecular flexibility index (Phi) is 3.78. The predicted molar refractivity (Wildman–Crippen MR) is 92.6 cm³/mol. The van der Waals surface area contributed by atoms with Crippen LogP contribution >= 0.6 is 0 Å². The third kappa shape index (κ3) is 2.00. The van der Waals surface area contributed by atoms with E-state index >= 15 is 0 Å². The van der Waals surface area contributed by atoms with Crippen LogP contribution < -0.4 is 0 Å². The number of aliphatic hydroxyl groups excluding tert-OH is 1. The molecule has 1 N–H and O–H groups in total. The summed E-state index contributed by atoms with van der Waals surface area (Å²) < 4.78 is 18.4. The van der Waals surface area contributed by atoms with Gasteiger partial charge in [0.05, 0.1) is 24.4 Å². The Bertz CT molecular complexity index is 612. The molecule has 0 heterocycles. The third-order valence-electron chi connectivity index (χ3n) is 7.95. The van der Waals surface area contributed by atoms with Crippen molar-refractivity contribution in [2.24, 2.45) is 34.5 Å². The molecule has 0 radical (unpaired) electrons. The molecule has 3 fully saturated rings. The summed E-state index contributed by atoms with van der Waals surface area (Å²) in [5, 5.41) is 10.6. The van der Waals surface area contributed by atoms with Gasteiger partial charge in [-0.25, -0.2) is 0 Å². The Morgan fingerprint density at radius 3 is 2.58 bits per heavy atom. The third-order valence-corrected chi connectivity index (χ3v) is 10.0. The molecule has 4 aliphatic carbocycles. The Labute approximate surface area is 146 Å². The number of allylic oxidation sites excluding steroid dienone is 2. The van der Waals surface area contributed by atoms with Crippen LogP contribution in [0.25, 0.3) is 0 Å². The van der Waals surface area contributed by atoms with E-state index in [1.165, 1.54) is 7.11 Å². The van der Waals surface area contributed by atoms with Crippen molar-refractivity contribution in [1.82, 2.24) is 0 Å². The molecule has 4 aliphatic rings. The summed E-state index contributed by atoms with van der Waals surface area (Å²) in [5.41, 5.74) is -0.231. The lowest BCUT2D eigenvalue weighted by molar-refractivity contribution is -0.146. The second kappa shape index (κ2) is 5.41. The van der Waals surface area contributed by atoms with E-state index in [0.29, 0.717) is 11.7 Å². The molecule has 0 aromatic carbocycles. The van der Waals surface area contributed by atoms with Gasteiger partial charge in [0.15, 0.2) is 0 Å². The first kappa shape index (κ1) is 16.8. The summed E-state index contributed by atoms with van der Waals surface area (Å²) >= 11 is 0. The van der Waals surface area contributed by atoms with E-state index in [9.17, 15) is 14.1 Å². The van der Waals surface area contributed by atoms with Gasteiger partial charge in [0, 0.05) is 22.0 Å². The van der Waals surface area contributed by atoms with Gasteiger partial charge in [-0.2, -0.15) is 0 Å². The molecule has 134 valence electrons. The molecule has 0 aromatic heterocycles. The van der Waals surface area contributed by atoms with E-state index in [0.717, 1.165) is 25.7 Å². The summed E-state index contributed by atoms with van der Waals surface area (Å²) in [6, 6.07) is 0. The number of esters is 1. The number of methoxy groups -OCH3 is 1. The quantitative estimate of drug-likeness (QED) is 0.623. The highest BCUT2D eigenvalue weighted by atomic mass is 32.2. The Morgan fingerprint density at radius 1 is 1.29 bits per heavy atom. The van der Waals surface area contributed by atoms with Gasteiger partial charge in [-0.1, -0.05) is 26.0 Å². The summed E-state index contributed by atoms with van der Waals surface area (Å²) in [7, 11) is 0.290. The number of carbonyl (C=O) groups is 1. The van der Waals surface area contributed by atoms with Gasteiger partial charge in [-0.3, -0.25) is 9.00 Å². The van der Waals surface area contributed by atoms with Crippen molar-refractivity contribution in [3.63, 3.8) is 0 Å². The highest BCUT2D eigenvalue weighted by Crippen LogP contribution is 2.66. The van der Waals surface area contributed by atoms with Gasteiger partial charge in [0.2, 0.25) is 0 Å². The van der Waals surface area contributed by atoms with Crippen LogP contribution in [0.15, 0.2) is 12.2 Å². The predicted octanol–water partition coefficient (Wildman–Crippen LogP) is 2.29. The zero-order valence-corrected chi connectivity index (χ0v) is 15.6. The monoisotopic (exact) mass is 352 g/mol. The molecule has 3 saturated carbocycles. The van der Waals surface area contributed by atoms with Crippen molar-refractivity contribution >= 4 is 16.8 Å². The normalized spacial score (nSPS) is 48.8. The lowest BCUT2D eigenvalue weighted by Gasteiger charge is -2.41. The molecule has 8 atom stereocenters. The highest BCUT2D eigenvalue weighted by molar-refractivity contribution is 7.85. The lowest BCUT2D eigenvalue weighted by atomic mass is 9.70. The average Bonchev–Trinajstić information content (AvgIpc) is 3.25. The van der Waals surface area contributed by atoms with Crippen LogP contribution in [0.5, 0.6) is 0 Å². The van der Waals surface area contributed by atoms with Crippen molar-refractivity contribution in [3.05, 3.63) is 12.2 Å². The van der Waals surface area contributed by atoms with E-state index in [-0.39, 0.29) is 45.9 Å². The first-order valence-corrected chi connectivity index (χ1v) is 10.5. The molecule has 4 rings (SSSR count). The molecule has 0 spiro atoms. The molecule has 4 nitrogen and oxygen atoms in total. The maximum Gasteiger partial charge on any atom is 0.310 e. The zero-order chi connectivity index (χ0) is 17.3. The smallest absolute Gasteiger partial charge is 0.310 e. The number of aliphatic hydroxyl groups is 1. The lowest BCUT2D eigenvalue weighted by Crippen LogP contribution is -2.47. The van der Waals surface area contributed by atoms with E-state index in [4.69, 9.17) is 4.74 Å². The second-order valence-electron chi connectivity index (χ2n) is 8.85. The fraction of sp³-hybridized carbons (Fsp3) is 0.842. The van der Waals surface area contributed by atoms with Gasteiger partial charge < -0.3 is 9.84 Å². The topological polar surface area (TPSA) is 63.6 Å². The largest absolute Gasteiger partial charge is 0.469 e. The summed E-state index contributed by atoms with van der Waals surface area (Å²) in [5.74, 6) is 0.939. The van der Waals surface area contributed by atoms with Crippen LogP contribution in [0.1, 0.15) is 39.5 Å². The van der Waals surface area contributed by atoms with E-state index in [1.54, 1.807) is 0 Å². The Balaban J connectivity index is 1.60. The van der Waals surface area contributed by atoms with Gasteiger partial charge in [0.25, 0.3) is 0 Å². The minimum atomic E-state index is -1.13. The molecule has 0 amide bonds. The zero-order valence-electron chi connectivity index (χ0n) is 14.7. The first-order chi connectivity index (χ1) is 11.3. The van der Waals surface area contributed by atoms with Crippen molar-refractivity contribution in [1.29, 1.82) is 0 Å². The molecular formula is C19H28O4S. The highest BCUT2D eigenvalue weighted by Gasteiger charge is 2.65. The number of hydrogen-bond donors (Lipinski definition) is 1. The van der Waals surface area contributed by atoms with Crippen LogP contribution in [-0.4, -0.2) is 39.5 Å². The molecule has 4 bridgehead atoms. The van der Waals surface area contributed by atoms with Gasteiger partial charge in [0.1, 0.15) is 0 Å². The van der Waals surface area contributed by atoms with Crippen molar-refractivity contribution in [2.45, 2.75) is 50.9 Å². The van der Waals surface area contributed by atoms with Crippen molar-refractivity contribution in [3.8, 4) is 0 Å². The summed E-state index contributed by atoms with van der Waals surface area (Å²) in [4.78, 5) is 12.3. The molecule has 0 saturated heterocycles. The van der Waals surface area contributed by atoms with Crippen LogP contribution in [0, 0.1) is 34.5 Å². The van der Waals surface area contributed by atoms with Crippen LogP contribution in [0.3, 0.4) is 0 Å². The maximum atomic E-state index is 13.4. The Hall–Kier alpha value is -0.680. The number of fused-ring (bicyclic) bond motifs is 4. The SMILES string of the molecule is COC(=O)[C@@H]1[C@H](S(=O)C[C@]23CC[C@H](C[C@H]2O)C3(C)C)[C@@H]2C=C[C@H]1C2. The number of rotatable bonds is 4.